The Morgan fingerprint density at radius 1 is 0.926 bits per heavy atom. The van der Waals surface area contributed by atoms with Crippen molar-refractivity contribution in [2.75, 3.05) is 4.72 Å². The number of benzene rings is 3. The van der Waals surface area contributed by atoms with E-state index in [1.165, 1.54) is 0 Å². The van der Waals surface area contributed by atoms with Gasteiger partial charge in [-0.2, -0.15) is 0 Å². The largest absolute Gasteiger partial charge is 0.505 e. The molecule has 0 aliphatic heterocycles. The first kappa shape index (κ1) is 19.1. The van der Waals surface area contributed by atoms with E-state index < -0.39 is 48.8 Å². The number of halogens is 4. The molecule has 0 unspecified atom stereocenters. The van der Waals surface area contributed by atoms with E-state index in [9.17, 15) is 26.7 Å². The summed E-state index contributed by atoms with van der Waals surface area (Å²) in [5.41, 5.74) is -0.224. The average molecular weight is 414 g/mol. The van der Waals surface area contributed by atoms with Crippen molar-refractivity contribution >= 4 is 27.3 Å². The predicted molar refractivity (Wildman–Crippen MR) is 95.7 cm³/mol. The fourth-order valence-corrected chi connectivity index (χ4v) is 3.86. The molecule has 0 atom stereocenters. The Balaban J connectivity index is 2.08. The number of aromatic hydroxyl groups is 1. The van der Waals surface area contributed by atoms with Gasteiger partial charge >= 0.3 is 0 Å². The number of nitrogens with one attached hydrogen (secondary N) is 1. The minimum atomic E-state index is -4.61. The minimum absolute atomic E-state index is 0.0452. The molecule has 0 aliphatic rings. The second-order valence-electron chi connectivity index (χ2n) is 5.52. The zero-order chi connectivity index (χ0) is 19.8. The lowest BCUT2D eigenvalue weighted by Gasteiger charge is -2.13. The van der Waals surface area contributed by atoms with Crippen LogP contribution in [0.25, 0.3) is 11.1 Å². The molecule has 2 N–H and O–H groups in total. The summed E-state index contributed by atoms with van der Waals surface area (Å²) < 4.78 is 68.5. The molecule has 0 amide bonds. The molecule has 3 rings (SSSR count). The van der Waals surface area contributed by atoms with E-state index >= 15 is 0 Å². The van der Waals surface area contributed by atoms with Crippen LogP contribution in [0.3, 0.4) is 0 Å². The molecule has 27 heavy (non-hydrogen) atoms. The standard InChI is InChI=1S/C18H11ClF3NO3S/c19-13-6-11(20)7-17(18(13)24)27(25,26)23-16-8-12(14(21)9-15(16)22)10-4-2-1-3-5-10/h1-9,23-24H. The first-order chi connectivity index (χ1) is 12.7. The van der Waals surface area contributed by atoms with Crippen LogP contribution in [0.1, 0.15) is 0 Å². The van der Waals surface area contributed by atoms with Crippen molar-refractivity contribution in [3.05, 3.63) is 77.1 Å². The minimum Gasteiger partial charge on any atom is -0.505 e. The van der Waals surface area contributed by atoms with Crippen LogP contribution in [0.5, 0.6) is 5.75 Å². The fraction of sp³-hybridized carbons (Fsp3) is 0. The molecule has 9 heteroatoms. The van der Waals surface area contributed by atoms with Crippen molar-refractivity contribution < 1.29 is 26.7 Å². The van der Waals surface area contributed by atoms with E-state index in [2.05, 4.69) is 0 Å². The summed E-state index contributed by atoms with van der Waals surface area (Å²) in [6.45, 7) is 0. The highest BCUT2D eigenvalue weighted by Gasteiger charge is 2.24. The van der Waals surface area contributed by atoms with Crippen molar-refractivity contribution in [1.29, 1.82) is 0 Å². The monoisotopic (exact) mass is 413 g/mol. The lowest BCUT2D eigenvalue weighted by Crippen LogP contribution is -2.15. The molecule has 3 aromatic carbocycles. The molecule has 0 spiro atoms. The van der Waals surface area contributed by atoms with Gasteiger partial charge < -0.3 is 5.11 Å². The topological polar surface area (TPSA) is 66.4 Å². The molecule has 0 heterocycles. The van der Waals surface area contributed by atoms with E-state index in [0.29, 0.717) is 17.7 Å². The Morgan fingerprint density at radius 2 is 1.59 bits per heavy atom. The summed E-state index contributed by atoms with van der Waals surface area (Å²) in [5.74, 6) is -3.98. The Morgan fingerprint density at radius 3 is 2.26 bits per heavy atom. The molecule has 0 bridgehead atoms. The van der Waals surface area contributed by atoms with Gasteiger partial charge in [0.25, 0.3) is 10.0 Å². The summed E-state index contributed by atoms with van der Waals surface area (Å²) in [6.07, 6.45) is 0. The summed E-state index contributed by atoms with van der Waals surface area (Å²) in [7, 11) is -4.61. The lowest BCUT2D eigenvalue weighted by molar-refractivity contribution is 0.456. The van der Waals surface area contributed by atoms with Gasteiger partial charge in [-0.3, -0.25) is 4.72 Å². The first-order valence-corrected chi connectivity index (χ1v) is 9.30. The number of phenolic OH excluding ortho intramolecular Hbond substituents is 1. The van der Waals surface area contributed by atoms with Gasteiger partial charge in [-0.15, -0.1) is 0 Å². The highest BCUT2D eigenvalue weighted by atomic mass is 35.5. The Hall–Kier alpha value is -2.71. The second-order valence-corrected chi connectivity index (χ2v) is 7.58. The molecule has 0 fully saturated rings. The predicted octanol–water partition coefficient (Wildman–Crippen LogP) is 4.93. The van der Waals surface area contributed by atoms with Crippen LogP contribution in [0.2, 0.25) is 5.02 Å². The van der Waals surface area contributed by atoms with E-state index in [1.807, 2.05) is 4.72 Å². The van der Waals surface area contributed by atoms with Gasteiger partial charge in [-0.25, -0.2) is 21.6 Å². The molecule has 140 valence electrons. The van der Waals surface area contributed by atoms with Gasteiger partial charge in [0.05, 0.1) is 10.7 Å². The third-order valence-corrected chi connectivity index (χ3v) is 5.34. The van der Waals surface area contributed by atoms with Crippen LogP contribution in [0.15, 0.2) is 59.5 Å². The van der Waals surface area contributed by atoms with Crippen LogP contribution < -0.4 is 4.72 Å². The third-order valence-electron chi connectivity index (χ3n) is 3.67. The maximum Gasteiger partial charge on any atom is 0.265 e. The van der Waals surface area contributed by atoms with E-state index in [-0.39, 0.29) is 5.56 Å². The lowest BCUT2D eigenvalue weighted by atomic mass is 10.0. The number of rotatable bonds is 4. The highest BCUT2D eigenvalue weighted by molar-refractivity contribution is 7.92. The van der Waals surface area contributed by atoms with Crippen LogP contribution in [0, 0.1) is 17.5 Å². The van der Waals surface area contributed by atoms with E-state index in [4.69, 9.17) is 11.6 Å². The van der Waals surface area contributed by atoms with E-state index in [1.54, 1.807) is 30.3 Å². The van der Waals surface area contributed by atoms with Crippen LogP contribution >= 0.6 is 11.6 Å². The quantitative estimate of drug-likeness (QED) is 0.637. The molecular weight excluding hydrogens is 403 g/mol. The number of sulfonamides is 1. The summed E-state index contributed by atoms with van der Waals surface area (Å²) in [5, 5.41) is 9.28. The molecule has 0 aromatic heterocycles. The highest BCUT2D eigenvalue weighted by Crippen LogP contribution is 2.34. The molecule has 0 saturated heterocycles. The number of hydrogen-bond donors (Lipinski definition) is 2. The van der Waals surface area contributed by atoms with Crippen molar-refractivity contribution in [3.8, 4) is 16.9 Å². The summed E-state index contributed by atoms with van der Waals surface area (Å²) in [6, 6.07) is 10.8. The van der Waals surface area contributed by atoms with Crippen molar-refractivity contribution in [3.63, 3.8) is 0 Å². The van der Waals surface area contributed by atoms with Crippen LogP contribution in [-0.2, 0) is 10.0 Å². The molecule has 0 radical (unpaired) electrons. The van der Waals surface area contributed by atoms with Gasteiger partial charge in [0.15, 0.2) is 5.75 Å². The summed E-state index contributed by atoms with van der Waals surface area (Å²) >= 11 is 5.58. The SMILES string of the molecule is O=S(=O)(Nc1cc(-c2ccccc2)c(F)cc1F)c1cc(F)cc(Cl)c1O. The average Bonchev–Trinajstić information content (AvgIpc) is 2.61. The number of phenols is 1. The number of hydrogen-bond acceptors (Lipinski definition) is 3. The fourth-order valence-electron chi connectivity index (χ4n) is 2.41. The van der Waals surface area contributed by atoms with Gasteiger partial charge in [0, 0.05) is 11.6 Å². The number of anilines is 1. The normalized spacial score (nSPS) is 11.4. The molecule has 3 aromatic rings. The molecule has 0 aliphatic carbocycles. The van der Waals surface area contributed by atoms with Crippen LogP contribution in [-0.4, -0.2) is 13.5 Å². The zero-order valence-electron chi connectivity index (χ0n) is 13.4. The molecular formula is C18H11ClF3NO3S. The second kappa shape index (κ2) is 7.13. The van der Waals surface area contributed by atoms with E-state index in [0.717, 1.165) is 12.1 Å². The maximum atomic E-state index is 14.1. The van der Waals surface area contributed by atoms with Gasteiger partial charge in [-0.1, -0.05) is 41.9 Å². The zero-order valence-corrected chi connectivity index (χ0v) is 15.0. The van der Waals surface area contributed by atoms with Gasteiger partial charge in [0.2, 0.25) is 0 Å². The van der Waals surface area contributed by atoms with Crippen molar-refractivity contribution in [1.82, 2.24) is 0 Å². The van der Waals surface area contributed by atoms with Crippen LogP contribution in [0.4, 0.5) is 18.9 Å². The third kappa shape index (κ3) is 3.86. The molecule has 0 saturated carbocycles. The first-order valence-electron chi connectivity index (χ1n) is 7.44. The van der Waals surface area contributed by atoms with Gasteiger partial charge in [-0.05, 0) is 23.8 Å². The maximum absolute atomic E-state index is 14.1. The Labute approximate surface area is 157 Å². The van der Waals surface area contributed by atoms with Crippen molar-refractivity contribution in [2.45, 2.75) is 4.90 Å². The smallest absolute Gasteiger partial charge is 0.265 e. The molecule has 4 nitrogen and oxygen atoms in total. The Bertz CT molecular complexity index is 1120. The van der Waals surface area contributed by atoms with Crippen molar-refractivity contribution in [2.24, 2.45) is 0 Å². The Kier molecular flexibility index (Phi) is 5.03. The summed E-state index contributed by atoms with van der Waals surface area (Å²) in [4.78, 5) is -0.877. The van der Waals surface area contributed by atoms with Gasteiger partial charge in [0.1, 0.15) is 22.3 Å².